The highest BCUT2D eigenvalue weighted by atomic mass is 35.6. The van der Waals surface area contributed by atoms with Crippen LogP contribution in [0.4, 0.5) is 0 Å². The number of halogens is 3. The van der Waals surface area contributed by atoms with Crippen molar-refractivity contribution in [2.24, 2.45) is 17.3 Å². The normalized spacial score (nSPS) is 47.5. The van der Waals surface area contributed by atoms with Crippen molar-refractivity contribution in [1.82, 2.24) is 0 Å². The quantitative estimate of drug-likeness (QED) is 0.664. The van der Waals surface area contributed by atoms with Crippen molar-refractivity contribution < 1.29 is 9.84 Å². The summed E-state index contributed by atoms with van der Waals surface area (Å²) in [5.41, 5.74) is 0.0340. The van der Waals surface area contributed by atoms with Crippen LogP contribution in [0, 0.1) is 17.3 Å². The highest BCUT2D eigenvalue weighted by Gasteiger charge is 2.72. The standard InChI is InChI=1S/C8H11Cl3O2/c1-7(2)3-4(7)6(12)13-5(3)8(9,10)11/h3-6,12H,1-2H3/t3-,4+,5-,6+/m1/s1. The molecule has 0 unspecified atom stereocenters. The summed E-state index contributed by atoms with van der Waals surface area (Å²) in [5, 5.41) is 9.51. The van der Waals surface area contributed by atoms with E-state index in [0.717, 1.165) is 0 Å². The molecule has 76 valence electrons. The summed E-state index contributed by atoms with van der Waals surface area (Å²) in [6.45, 7) is 4.11. The number of alkyl halides is 3. The first kappa shape index (κ1) is 10.3. The lowest BCUT2D eigenvalue weighted by Crippen LogP contribution is -2.33. The SMILES string of the molecule is CC1(C)[C@@H]2[C@H]1[C@@H](O)O[C@H]2C(Cl)(Cl)Cl. The van der Waals surface area contributed by atoms with Gasteiger partial charge in [-0.1, -0.05) is 48.7 Å². The van der Waals surface area contributed by atoms with E-state index < -0.39 is 16.2 Å². The average Bonchev–Trinajstić information content (AvgIpc) is 2.35. The Morgan fingerprint density at radius 1 is 1.23 bits per heavy atom. The zero-order chi connectivity index (χ0) is 10.0. The van der Waals surface area contributed by atoms with Crippen molar-refractivity contribution in [3.63, 3.8) is 0 Å². The van der Waals surface area contributed by atoms with Crippen molar-refractivity contribution in [3.8, 4) is 0 Å². The fourth-order valence-corrected chi connectivity index (χ4v) is 3.00. The fourth-order valence-electron chi connectivity index (χ4n) is 2.44. The van der Waals surface area contributed by atoms with Crippen molar-refractivity contribution in [1.29, 1.82) is 0 Å². The van der Waals surface area contributed by atoms with Gasteiger partial charge in [-0.15, -0.1) is 0 Å². The third-order valence-electron chi connectivity index (χ3n) is 3.24. The van der Waals surface area contributed by atoms with Gasteiger partial charge in [0, 0.05) is 11.8 Å². The molecule has 4 atom stereocenters. The van der Waals surface area contributed by atoms with Gasteiger partial charge >= 0.3 is 0 Å². The summed E-state index contributed by atoms with van der Waals surface area (Å²) in [4.78, 5) is 0. The maximum atomic E-state index is 9.51. The van der Waals surface area contributed by atoms with Crippen LogP contribution < -0.4 is 0 Å². The molecule has 1 saturated carbocycles. The monoisotopic (exact) mass is 244 g/mol. The predicted molar refractivity (Wildman–Crippen MR) is 51.9 cm³/mol. The number of fused-ring (bicyclic) bond motifs is 1. The van der Waals surface area contributed by atoms with E-state index in [1.165, 1.54) is 0 Å². The summed E-state index contributed by atoms with van der Waals surface area (Å²) >= 11 is 17.2. The smallest absolute Gasteiger partial charge is 0.216 e. The van der Waals surface area contributed by atoms with Gasteiger partial charge in [0.25, 0.3) is 0 Å². The van der Waals surface area contributed by atoms with Crippen LogP contribution in [-0.2, 0) is 4.74 Å². The van der Waals surface area contributed by atoms with Crippen LogP contribution >= 0.6 is 34.8 Å². The minimum atomic E-state index is -1.44. The van der Waals surface area contributed by atoms with Crippen molar-refractivity contribution >= 4 is 34.8 Å². The second-order valence-corrected chi connectivity index (χ2v) is 6.73. The molecule has 0 aromatic rings. The van der Waals surface area contributed by atoms with E-state index in [4.69, 9.17) is 39.5 Å². The number of hydrogen-bond donors (Lipinski definition) is 1. The Hall–Kier alpha value is 0.790. The highest BCUT2D eigenvalue weighted by molar-refractivity contribution is 6.68. The Labute approximate surface area is 92.1 Å². The molecule has 0 spiro atoms. The molecular weight excluding hydrogens is 234 g/mol. The molecular formula is C8H11Cl3O2. The molecule has 1 saturated heterocycles. The second kappa shape index (κ2) is 2.67. The van der Waals surface area contributed by atoms with E-state index >= 15 is 0 Å². The Kier molecular flexibility index (Phi) is 2.12. The number of aliphatic hydroxyl groups is 1. The molecule has 0 radical (unpaired) electrons. The molecule has 0 amide bonds. The molecule has 1 heterocycles. The largest absolute Gasteiger partial charge is 0.368 e. The Balaban J connectivity index is 2.19. The summed E-state index contributed by atoms with van der Waals surface area (Å²) < 4.78 is 3.75. The van der Waals surface area contributed by atoms with Crippen molar-refractivity contribution in [3.05, 3.63) is 0 Å². The first-order valence-corrected chi connectivity index (χ1v) is 5.30. The molecule has 13 heavy (non-hydrogen) atoms. The van der Waals surface area contributed by atoms with Gasteiger partial charge in [-0.05, 0) is 5.41 Å². The second-order valence-electron chi connectivity index (χ2n) is 4.36. The Bertz CT molecular complexity index is 233. The van der Waals surface area contributed by atoms with Gasteiger partial charge in [0.05, 0.1) is 0 Å². The predicted octanol–water partition coefficient (Wildman–Crippen LogP) is 2.35. The summed E-state index contributed by atoms with van der Waals surface area (Å²) in [5.74, 6) is 0.281. The van der Waals surface area contributed by atoms with Gasteiger partial charge in [-0.3, -0.25) is 0 Å². The third-order valence-corrected chi connectivity index (χ3v) is 3.88. The van der Waals surface area contributed by atoms with E-state index in [1.807, 2.05) is 0 Å². The highest BCUT2D eigenvalue weighted by Crippen LogP contribution is 2.69. The van der Waals surface area contributed by atoms with Gasteiger partial charge in [-0.2, -0.15) is 0 Å². The maximum Gasteiger partial charge on any atom is 0.216 e. The van der Waals surface area contributed by atoms with Crippen LogP contribution in [0.15, 0.2) is 0 Å². The molecule has 2 fully saturated rings. The summed E-state index contributed by atoms with van der Waals surface area (Å²) in [6, 6.07) is 0. The summed E-state index contributed by atoms with van der Waals surface area (Å²) in [7, 11) is 0. The molecule has 5 heteroatoms. The minimum absolute atomic E-state index is 0.0340. The molecule has 0 aromatic heterocycles. The van der Waals surface area contributed by atoms with E-state index in [2.05, 4.69) is 13.8 Å². The van der Waals surface area contributed by atoms with Gasteiger partial charge in [0.1, 0.15) is 6.10 Å². The van der Waals surface area contributed by atoms with E-state index in [0.29, 0.717) is 0 Å². The first-order chi connectivity index (χ1) is 5.76. The van der Waals surface area contributed by atoms with Crippen LogP contribution in [0.3, 0.4) is 0 Å². The fraction of sp³-hybridized carbons (Fsp3) is 1.00. The van der Waals surface area contributed by atoms with Gasteiger partial charge in [0.2, 0.25) is 3.79 Å². The van der Waals surface area contributed by atoms with E-state index in [9.17, 15) is 5.11 Å². The van der Waals surface area contributed by atoms with Crippen molar-refractivity contribution in [2.45, 2.75) is 30.0 Å². The third kappa shape index (κ3) is 1.38. The van der Waals surface area contributed by atoms with E-state index in [1.54, 1.807) is 0 Å². The molecule has 1 N–H and O–H groups in total. The molecule has 0 aromatic carbocycles. The zero-order valence-electron chi connectivity index (χ0n) is 7.30. The van der Waals surface area contributed by atoms with Gasteiger partial charge in [0.15, 0.2) is 6.29 Å². The minimum Gasteiger partial charge on any atom is -0.368 e. The van der Waals surface area contributed by atoms with Gasteiger partial charge < -0.3 is 9.84 Å². The lowest BCUT2D eigenvalue weighted by atomic mass is 10.1. The molecule has 1 aliphatic carbocycles. The molecule has 2 nitrogen and oxygen atoms in total. The number of aliphatic hydroxyl groups excluding tert-OH is 1. The maximum absolute atomic E-state index is 9.51. The molecule has 1 aliphatic heterocycles. The van der Waals surface area contributed by atoms with E-state index in [-0.39, 0.29) is 17.3 Å². The molecule has 2 rings (SSSR count). The molecule has 0 bridgehead atoms. The van der Waals surface area contributed by atoms with Crippen molar-refractivity contribution in [2.75, 3.05) is 0 Å². The Morgan fingerprint density at radius 3 is 2.00 bits per heavy atom. The number of rotatable bonds is 0. The molecule has 2 aliphatic rings. The van der Waals surface area contributed by atoms with Crippen LogP contribution in [-0.4, -0.2) is 21.3 Å². The first-order valence-electron chi connectivity index (χ1n) is 4.16. The lowest BCUT2D eigenvalue weighted by molar-refractivity contribution is -0.127. The van der Waals surface area contributed by atoms with Crippen LogP contribution in [0.25, 0.3) is 0 Å². The Morgan fingerprint density at radius 2 is 1.77 bits per heavy atom. The number of ether oxygens (including phenoxy) is 1. The van der Waals surface area contributed by atoms with Crippen LogP contribution in [0.5, 0.6) is 0 Å². The van der Waals surface area contributed by atoms with Gasteiger partial charge in [-0.25, -0.2) is 0 Å². The average molecular weight is 246 g/mol. The van der Waals surface area contributed by atoms with Crippen LogP contribution in [0.1, 0.15) is 13.8 Å². The lowest BCUT2D eigenvalue weighted by Gasteiger charge is -2.26. The topological polar surface area (TPSA) is 29.5 Å². The summed E-state index contributed by atoms with van der Waals surface area (Å²) in [6.07, 6.45) is -1.26. The zero-order valence-corrected chi connectivity index (χ0v) is 9.57. The number of hydrogen-bond acceptors (Lipinski definition) is 2. The van der Waals surface area contributed by atoms with Crippen LogP contribution in [0.2, 0.25) is 0 Å².